The van der Waals surface area contributed by atoms with Crippen molar-refractivity contribution in [3.63, 3.8) is 0 Å². The Morgan fingerprint density at radius 3 is 2.56 bits per heavy atom. The van der Waals surface area contributed by atoms with Crippen LogP contribution in [0.25, 0.3) is 15.9 Å². The average molecular weight is 501 g/mol. The second-order valence-corrected chi connectivity index (χ2v) is 11.2. The van der Waals surface area contributed by atoms with Crippen LogP contribution in [0.15, 0.2) is 34.2 Å². The number of ether oxygens (including phenoxy) is 1. The third-order valence-electron chi connectivity index (χ3n) is 5.36. The van der Waals surface area contributed by atoms with Gasteiger partial charge in [-0.25, -0.2) is 9.78 Å². The van der Waals surface area contributed by atoms with Gasteiger partial charge >= 0.3 is 6.03 Å². The zero-order chi connectivity index (χ0) is 24.5. The van der Waals surface area contributed by atoms with Crippen LogP contribution in [0.3, 0.4) is 0 Å². The minimum absolute atomic E-state index is 0.0588. The van der Waals surface area contributed by atoms with Gasteiger partial charge in [-0.05, 0) is 76.3 Å². The first-order chi connectivity index (χ1) is 16.2. The molecule has 0 aliphatic heterocycles. The van der Waals surface area contributed by atoms with Crippen LogP contribution >= 0.6 is 23.1 Å². The Hall–Kier alpha value is -2.85. The number of rotatable bonds is 5. The number of fused-ring (bicyclic) bond motifs is 3. The molecule has 1 aliphatic carbocycles. The molecule has 10 heteroatoms. The van der Waals surface area contributed by atoms with Gasteiger partial charge in [0.25, 0.3) is 5.56 Å². The summed E-state index contributed by atoms with van der Waals surface area (Å²) in [5, 5.41) is 6.11. The van der Waals surface area contributed by atoms with E-state index in [1.54, 1.807) is 47.3 Å². The van der Waals surface area contributed by atoms with Crippen LogP contribution in [0.1, 0.15) is 44.1 Å². The highest BCUT2D eigenvalue weighted by atomic mass is 32.2. The number of thiophene rings is 1. The number of aromatic nitrogens is 2. The smallest absolute Gasteiger partial charge is 0.321 e. The molecular formula is C24H28N4O4S2. The van der Waals surface area contributed by atoms with Crippen molar-refractivity contribution in [1.29, 1.82) is 0 Å². The Kier molecular flexibility index (Phi) is 6.99. The van der Waals surface area contributed by atoms with Crippen molar-refractivity contribution in [2.75, 3.05) is 12.9 Å². The molecule has 0 atom stereocenters. The highest BCUT2D eigenvalue weighted by molar-refractivity contribution is 7.99. The number of amides is 3. The Bertz CT molecular complexity index is 1290. The van der Waals surface area contributed by atoms with E-state index >= 15 is 0 Å². The molecule has 180 valence electrons. The predicted molar refractivity (Wildman–Crippen MR) is 136 cm³/mol. The van der Waals surface area contributed by atoms with Gasteiger partial charge in [-0.15, -0.1) is 11.3 Å². The number of urea groups is 1. The molecule has 2 heterocycles. The lowest BCUT2D eigenvalue weighted by molar-refractivity contribution is -0.117. The third-order valence-corrected chi connectivity index (χ3v) is 7.49. The van der Waals surface area contributed by atoms with Crippen LogP contribution < -0.4 is 20.9 Å². The molecule has 1 aromatic carbocycles. The number of carbonyl (C=O) groups excluding carboxylic acids is 2. The summed E-state index contributed by atoms with van der Waals surface area (Å²) < 4.78 is 6.80. The van der Waals surface area contributed by atoms with Crippen molar-refractivity contribution < 1.29 is 14.3 Å². The number of hydrogen-bond acceptors (Lipinski definition) is 7. The normalized spacial score (nSPS) is 13.4. The first-order valence-corrected chi connectivity index (χ1v) is 12.9. The fourth-order valence-electron chi connectivity index (χ4n) is 3.91. The highest BCUT2D eigenvalue weighted by Crippen LogP contribution is 2.35. The predicted octanol–water partition coefficient (Wildman–Crippen LogP) is 4.05. The van der Waals surface area contributed by atoms with E-state index in [1.807, 2.05) is 20.8 Å². The molecular weight excluding hydrogens is 472 g/mol. The van der Waals surface area contributed by atoms with Crippen molar-refractivity contribution in [2.24, 2.45) is 0 Å². The highest BCUT2D eigenvalue weighted by Gasteiger charge is 2.24. The fraction of sp³-hybridized carbons (Fsp3) is 0.417. The molecule has 2 aromatic heterocycles. The van der Waals surface area contributed by atoms with Crippen LogP contribution in [-0.2, 0) is 17.6 Å². The van der Waals surface area contributed by atoms with Gasteiger partial charge in [0, 0.05) is 10.4 Å². The maximum Gasteiger partial charge on any atom is 0.321 e. The Balaban J connectivity index is 1.69. The number of aryl methyl sites for hydroxylation is 2. The summed E-state index contributed by atoms with van der Waals surface area (Å²) in [6.45, 7) is 5.50. The van der Waals surface area contributed by atoms with Crippen LogP contribution in [0, 0.1) is 0 Å². The number of hydrogen-bond donors (Lipinski definition) is 2. The maximum atomic E-state index is 13.7. The van der Waals surface area contributed by atoms with Crippen LogP contribution in [0.2, 0.25) is 0 Å². The molecule has 0 radical (unpaired) electrons. The van der Waals surface area contributed by atoms with Gasteiger partial charge in [-0.3, -0.25) is 19.5 Å². The summed E-state index contributed by atoms with van der Waals surface area (Å²) >= 11 is 2.70. The number of nitrogens with zero attached hydrogens (tertiary/aromatic N) is 2. The number of nitrogens with one attached hydrogen (secondary N) is 2. The van der Waals surface area contributed by atoms with Crippen molar-refractivity contribution in [3.05, 3.63) is 45.1 Å². The second-order valence-electron chi connectivity index (χ2n) is 9.16. The van der Waals surface area contributed by atoms with Crippen LogP contribution in [0.5, 0.6) is 5.75 Å². The van der Waals surface area contributed by atoms with E-state index in [2.05, 4.69) is 10.6 Å². The molecule has 0 bridgehead atoms. The second kappa shape index (κ2) is 9.79. The molecule has 0 saturated heterocycles. The van der Waals surface area contributed by atoms with Gasteiger partial charge < -0.3 is 10.1 Å². The van der Waals surface area contributed by atoms with Gasteiger partial charge in [0.15, 0.2) is 5.16 Å². The lowest BCUT2D eigenvalue weighted by Gasteiger charge is -2.20. The van der Waals surface area contributed by atoms with Crippen LogP contribution in [0.4, 0.5) is 4.79 Å². The zero-order valence-electron chi connectivity index (χ0n) is 19.7. The van der Waals surface area contributed by atoms with Gasteiger partial charge in [-0.2, -0.15) is 0 Å². The Morgan fingerprint density at radius 1 is 1.18 bits per heavy atom. The molecule has 0 saturated carbocycles. The van der Waals surface area contributed by atoms with E-state index in [9.17, 15) is 14.4 Å². The number of carbonyl (C=O) groups is 2. The summed E-state index contributed by atoms with van der Waals surface area (Å²) in [6, 6.07) is 6.61. The minimum Gasteiger partial charge on any atom is -0.497 e. The zero-order valence-corrected chi connectivity index (χ0v) is 21.3. The lowest BCUT2D eigenvalue weighted by Crippen LogP contribution is -2.48. The molecule has 8 nitrogen and oxygen atoms in total. The van der Waals surface area contributed by atoms with Gasteiger partial charge in [-0.1, -0.05) is 11.8 Å². The van der Waals surface area contributed by atoms with Gasteiger partial charge in [0.2, 0.25) is 5.91 Å². The molecule has 34 heavy (non-hydrogen) atoms. The van der Waals surface area contributed by atoms with E-state index in [0.717, 1.165) is 43.0 Å². The average Bonchev–Trinajstić information content (AvgIpc) is 3.15. The van der Waals surface area contributed by atoms with E-state index < -0.39 is 17.5 Å². The van der Waals surface area contributed by atoms with Crippen molar-refractivity contribution >= 4 is 45.3 Å². The summed E-state index contributed by atoms with van der Waals surface area (Å²) in [5.74, 6) is 0.154. The van der Waals surface area contributed by atoms with Gasteiger partial charge in [0.1, 0.15) is 10.6 Å². The molecule has 0 unspecified atom stereocenters. The SMILES string of the molecule is COc1ccc(-n2c(SCC(=O)NC(=O)NC(C)(C)C)nc3sc4c(c3c2=O)CCCC4)cc1. The largest absolute Gasteiger partial charge is 0.497 e. The topological polar surface area (TPSA) is 102 Å². The summed E-state index contributed by atoms with van der Waals surface area (Å²) in [6.07, 6.45) is 4.03. The van der Waals surface area contributed by atoms with Crippen LogP contribution in [-0.4, -0.2) is 39.9 Å². The fourth-order valence-corrected chi connectivity index (χ4v) is 6.02. The van der Waals surface area contributed by atoms with E-state index in [4.69, 9.17) is 9.72 Å². The van der Waals surface area contributed by atoms with Crippen molar-refractivity contribution in [3.8, 4) is 11.4 Å². The lowest BCUT2D eigenvalue weighted by atomic mass is 9.97. The van der Waals surface area contributed by atoms with Crippen molar-refractivity contribution in [2.45, 2.75) is 57.1 Å². The molecule has 2 N–H and O–H groups in total. The quantitative estimate of drug-likeness (QED) is 0.405. The number of methoxy groups -OCH3 is 1. The minimum atomic E-state index is -0.556. The number of benzene rings is 1. The first-order valence-electron chi connectivity index (χ1n) is 11.1. The van der Waals surface area contributed by atoms with E-state index in [-0.39, 0.29) is 11.3 Å². The maximum absolute atomic E-state index is 13.7. The molecule has 0 fully saturated rings. The Morgan fingerprint density at radius 2 is 1.88 bits per heavy atom. The third kappa shape index (κ3) is 5.28. The summed E-state index contributed by atoms with van der Waals surface area (Å²) in [5.41, 5.74) is 1.16. The standard InChI is InChI=1S/C24H28N4O4S2/c1-24(2,3)27-22(31)25-18(29)13-33-23-26-20-19(16-7-5-6-8-17(16)34-20)21(30)28(23)14-9-11-15(32-4)12-10-14/h9-12H,5-8,13H2,1-4H3,(H2,25,27,29,31). The van der Waals surface area contributed by atoms with E-state index in [1.165, 1.54) is 4.88 Å². The first kappa shape index (κ1) is 24.3. The molecule has 4 rings (SSSR count). The van der Waals surface area contributed by atoms with Gasteiger partial charge in [0.05, 0.1) is 23.9 Å². The number of imide groups is 1. The van der Waals surface area contributed by atoms with E-state index in [0.29, 0.717) is 26.8 Å². The molecule has 0 spiro atoms. The van der Waals surface area contributed by atoms with Crippen molar-refractivity contribution in [1.82, 2.24) is 20.2 Å². The molecule has 3 amide bonds. The Labute approximate surface area is 206 Å². The summed E-state index contributed by atoms with van der Waals surface area (Å²) in [4.78, 5) is 44.9. The number of thioether (sulfide) groups is 1. The summed E-state index contributed by atoms with van der Waals surface area (Å²) in [7, 11) is 1.59. The molecule has 3 aromatic rings. The monoisotopic (exact) mass is 500 g/mol. The molecule has 1 aliphatic rings.